The maximum absolute atomic E-state index is 10.7. The van der Waals surface area contributed by atoms with Crippen molar-refractivity contribution in [3.8, 4) is 12.1 Å². The molecule has 0 radical (unpaired) electrons. The van der Waals surface area contributed by atoms with Crippen LogP contribution in [0, 0.1) is 22.7 Å². The van der Waals surface area contributed by atoms with E-state index in [1.165, 1.54) is 23.5 Å². The van der Waals surface area contributed by atoms with Crippen LogP contribution in [0.15, 0.2) is 9.81 Å². The fourth-order valence-corrected chi connectivity index (χ4v) is 3.29. The maximum Gasteiger partial charge on any atom is 0.261 e. The largest absolute Gasteiger partial charge is 0.365 e. The lowest BCUT2D eigenvalue weighted by Crippen LogP contribution is -2.13. The van der Waals surface area contributed by atoms with Crippen molar-refractivity contribution >= 4 is 29.4 Å². The molecule has 0 spiro atoms. The van der Waals surface area contributed by atoms with Crippen LogP contribution in [0.3, 0.4) is 0 Å². The topological polar surface area (TPSA) is 90.7 Å². The summed E-state index contributed by atoms with van der Waals surface area (Å²) in [5, 5.41) is 17.0. The van der Waals surface area contributed by atoms with E-state index in [1.54, 1.807) is 6.07 Å². The molecule has 1 heterocycles. The average molecular weight is 211 g/mol. The summed E-state index contributed by atoms with van der Waals surface area (Å²) in [6.45, 7) is 0. The molecule has 1 saturated heterocycles. The number of hydrogen-bond acceptors (Lipinski definition) is 5. The number of rotatable bonds is 1. The maximum atomic E-state index is 10.7. The third kappa shape index (κ3) is 2.18. The molecule has 2 N–H and O–H groups in total. The SMILES string of the molecule is N#C/C(C(N)=O)=C1\SCC(C#N)S1. The van der Waals surface area contributed by atoms with Gasteiger partial charge in [-0.3, -0.25) is 4.79 Å². The van der Waals surface area contributed by atoms with Crippen LogP contribution in [0.4, 0.5) is 0 Å². The monoisotopic (exact) mass is 211 g/mol. The van der Waals surface area contributed by atoms with Gasteiger partial charge in [0.2, 0.25) is 0 Å². The van der Waals surface area contributed by atoms with Crippen molar-refractivity contribution in [3.05, 3.63) is 9.81 Å². The minimum Gasteiger partial charge on any atom is -0.365 e. The molecule has 1 fully saturated rings. The Bertz CT molecular complexity index is 350. The Morgan fingerprint density at radius 1 is 1.62 bits per heavy atom. The number of amides is 1. The highest BCUT2D eigenvalue weighted by Crippen LogP contribution is 2.43. The highest BCUT2D eigenvalue weighted by atomic mass is 32.2. The van der Waals surface area contributed by atoms with Gasteiger partial charge in [0.05, 0.1) is 10.3 Å². The molecule has 66 valence electrons. The fraction of sp³-hybridized carbons (Fsp3) is 0.286. The predicted molar refractivity (Wildman–Crippen MR) is 51.3 cm³/mol. The summed E-state index contributed by atoms with van der Waals surface area (Å²) < 4.78 is 0.571. The summed E-state index contributed by atoms with van der Waals surface area (Å²) >= 11 is 2.56. The molecular weight excluding hydrogens is 206 g/mol. The third-order valence-corrected chi connectivity index (χ3v) is 4.12. The summed E-state index contributed by atoms with van der Waals surface area (Å²) in [6.07, 6.45) is 0. The lowest BCUT2D eigenvalue weighted by Gasteiger charge is -1.95. The molecule has 6 heteroatoms. The number of carbonyl (C=O) groups excluding carboxylic acids is 1. The zero-order valence-corrected chi connectivity index (χ0v) is 8.11. The second-order valence-corrected chi connectivity index (χ2v) is 4.69. The van der Waals surface area contributed by atoms with E-state index in [0.29, 0.717) is 9.99 Å². The minimum absolute atomic E-state index is 0.0345. The second-order valence-electron chi connectivity index (χ2n) is 2.19. The summed E-state index contributed by atoms with van der Waals surface area (Å²) in [6, 6.07) is 3.80. The van der Waals surface area contributed by atoms with Gasteiger partial charge in [0.15, 0.2) is 0 Å². The number of carbonyl (C=O) groups is 1. The van der Waals surface area contributed by atoms with Crippen molar-refractivity contribution in [2.24, 2.45) is 5.73 Å². The highest BCUT2D eigenvalue weighted by Gasteiger charge is 2.25. The lowest BCUT2D eigenvalue weighted by molar-refractivity contribution is -0.114. The normalized spacial score (nSPS) is 24.6. The Kier molecular flexibility index (Phi) is 3.24. The van der Waals surface area contributed by atoms with Gasteiger partial charge in [0, 0.05) is 5.75 Å². The molecule has 1 rings (SSSR count). The van der Waals surface area contributed by atoms with Crippen LogP contribution in [-0.4, -0.2) is 16.9 Å². The minimum atomic E-state index is -0.726. The molecule has 0 aromatic carbocycles. The van der Waals surface area contributed by atoms with Crippen molar-refractivity contribution in [1.29, 1.82) is 10.5 Å². The van der Waals surface area contributed by atoms with Gasteiger partial charge in [0.25, 0.3) is 5.91 Å². The molecule has 13 heavy (non-hydrogen) atoms. The van der Waals surface area contributed by atoms with Crippen molar-refractivity contribution in [2.45, 2.75) is 5.25 Å². The van der Waals surface area contributed by atoms with Crippen molar-refractivity contribution in [3.63, 3.8) is 0 Å². The number of nitrogens with zero attached hydrogens (tertiary/aromatic N) is 2. The molecule has 1 atom stereocenters. The molecule has 1 aliphatic rings. The predicted octanol–water partition coefficient (Wildman–Crippen LogP) is 0.579. The van der Waals surface area contributed by atoms with E-state index < -0.39 is 5.91 Å². The number of thioether (sulfide) groups is 2. The Morgan fingerprint density at radius 3 is 2.69 bits per heavy atom. The van der Waals surface area contributed by atoms with E-state index in [0.717, 1.165) is 0 Å². The first-order valence-electron chi connectivity index (χ1n) is 3.32. The van der Waals surface area contributed by atoms with Gasteiger partial charge >= 0.3 is 0 Å². The number of nitrogens with two attached hydrogens (primary N) is 1. The van der Waals surface area contributed by atoms with Crippen LogP contribution in [0.1, 0.15) is 0 Å². The molecule has 0 aromatic rings. The number of primary amides is 1. The van der Waals surface area contributed by atoms with E-state index >= 15 is 0 Å². The standard InChI is InChI=1S/C7H5N3OS2/c8-1-4-3-12-7(13-4)5(2-9)6(10)11/h4H,3H2,(H2,10,11)/b7-5-. The zero-order chi connectivity index (χ0) is 9.84. The van der Waals surface area contributed by atoms with Crippen LogP contribution in [0.5, 0.6) is 0 Å². The molecule has 0 saturated carbocycles. The quantitative estimate of drug-likeness (QED) is 0.506. The molecule has 1 unspecified atom stereocenters. The second kappa shape index (κ2) is 4.22. The Labute approximate surface area is 83.8 Å². The van der Waals surface area contributed by atoms with E-state index in [9.17, 15) is 4.79 Å². The summed E-state index contributed by atoms with van der Waals surface area (Å²) in [5.74, 6) is -0.120. The first-order chi connectivity index (χ1) is 6.19. The number of nitriles is 2. The van der Waals surface area contributed by atoms with Crippen molar-refractivity contribution in [1.82, 2.24) is 0 Å². The Balaban J connectivity index is 2.90. The van der Waals surface area contributed by atoms with Crippen LogP contribution >= 0.6 is 23.5 Å². The van der Waals surface area contributed by atoms with Gasteiger partial charge in [-0.2, -0.15) is 10.5 Å². The van der Waals surface area contributed by atoms with E-state index in [4.69, 9.17) is 16.3 Å². The van der Waals surface area contributed by atoms with Gasteiger partial charge in [0.1, 0.15) is 16.9 Å². The third-order valence-electron chi connectivity index (χ3n) is 1.32. The van der Waals surface area contributed by atoms with Crippen LogP contribution < -0.4 is 5.73 Å². The average Bonchev–Trinajstić information content (AvgIpc) is 2.53. The fourth-order valence-electron chi connectivity index (χ4n) is 0.745. The molecule has 0 bridgehead atoms. The molecule has 4 nitrogen and oxygen atoms in total. The first kappa shape index (κ1) is 9.97. The molecular formula is C7H5N3OS2. The van der Waals surface area contributed by atoms with E-state index in [2.05, 4.69) is 6.07 Å². The highest BCUT2D eigenvalue weighted by molar-refractivity contribution is 8.25. The first-order valence-corrected chi connectivity index (χ1v) is 5.18. The Morgan fingerprint density at radius 2 is 2.31 bits per heavy atom. The number of hydrogen-bond donors (Lipinski definition) is 1. The summed E-state index contributed by atoms with van der Waals surface area (Å²) in [7, 11) is 0. The van der Waals surface area contributed by atoms with Gasteiger partial charge in [-0.05, 0) is 0 Å². The molecule has 1 amide bonds. The van der Waals surface area contributed by atoms with Gasteiger partial charge in [-0.1, -0.05) is 11.8 Å². The summed E-state index contributed by atoms with van der Waals surface area (Å²) in [5.41, 5.74) is 4.95. The summed E-state index contributed by atoms with van der Waals surface area (Å²) in [4.78, 5) is 10.7. The molecule has 1 aliphatic heterocycles. The van der Waals surface area contributed by atoms with Gasteiger partial charge in [-0.15, -0.1) is 11.8 Å². The smallest absolute Gasteiger partial charge is 0.261 e. The molecule has 0 aromatic heterocycles. The van der Waals surface area contributed by atoms with Gasteiger partial charge < -0.3 is 5.73 Å². The van der Waals surface area contributed by atoms with Crippen LogP contribution in [-0.2, 0) is 4.79 Å². The van der Waals surface area contributed by atoms with Crippen molar-refractivity contribution in [2.75, 3.05) is 5.75 Å². The van der Waals surface area contributed by atoms with Crippen LogP contribution in [0.25, 0.3) is 0 Å². The van der Waals surface area contributed by atoms with E-state index in [-0.39, 0.29) is 10.8 Å². The van der Waals surface area contributed by atoms with Crippen LogP contribution in [0.2, 0.25) is 0 Å². The Hall–Kier alpha value is -1.11. The van der Waals surface area contributed by atoms with E-state index in [1.807, 2.05) is 0 Å². The molecule has 0 aliphatic carbocycles. The van der Waals surface area contributed by atoms with Gasteiger partial charge in [-0.25, -0.2) is 0 Å². The lowest BCUT2D eigenvalue weighted by atomic mass is 10.3. The zero-order valence-electron chi connectivity index (χ0n) is 6.48. The van der Waals surface area contributed by atoms with Crippen molar-refractivity contribution < 1.29 is 4.79 Å².